The Kier molecular flexibility index (Phi) is 4.21. The van der Waals surface area contributed by atoms with E-state index in [1.807, 2.05) is 20.8 Å². The van der Waals surface area contributed by atoms with Crippen LogP contribution in [0.25, 0.3) is 0 Å². The first kappa shape index (κ1) is 14.8. The van der Waals surface area contributed by atoms with Crippen LogP contribution in [0.1, 0.15) is 46.5 Å². The third-order valence-corrected chi connectivity index (χ3v) is 4.95. The van der Waals surface area contributed by atoms with Gasteiger partial charge in [-0.3, -0.25) is 4.79 Å². The van der Waals surface area contributed by atoms with Gasteiger partial charge < -0.3 is 14.7 Å². The largest absolute Gasteiger partial charge is 0.466 e. The van der Waals surface area contributed by atoms with Crippen LogP contribution in [0.2, 0.25) is 0 Å². The molecule has 2 saturated heterocycles. The molecule has 2 aliphatic heterocycles. The van der Waals surface area contributed by atoms with Crippen LogP contribution in [0, 0.1) is 11.8 Å². The summed E-state index contributed by atoms with van der Waals surface area (Å²) in [6, 6.07) is 0.832. The number of ether oxygens (including phenoxy) is 1. The molecule has 19 heavy (non-hydrogen) atoms. The van der Waals surface area contributed by atoms with Crippen molar-refractivity contribution in [3.05, 3.63) is 0 Å². The molecule has 4 nitrogen and oxygen atoms in total. The Morgan fingerprint density at radius 2 is 1.89 bits per heavy atom. The lowest BCUT2D eigenvalue weighted by Crippen LogP contribution is -2.56. The standard InChI is InChI=1S/C15H27NO3/c1-5-19-14(17)13(10(2)3)15(18)8-11-6-7-12(9-15)16(11)4/h10-13,18H,5-9H2,1-4H3. The summed E-state index contributed by atoms with van der Waals surface area (Å²) in [6.07, 6.45) is 3.66. The van der Waals surface area contributed by atoms with Gasteiger partial charge in [0.15, 0.2) is 0 Å². The Balaban J connectivity index is 2.19. The predicted molar refractivity (Wildman–Crippen MR) is 73.7 cm³/mol. The third-order valence-electron chi connectivity index (χ3n) is 4.95. The number of carbonyl (C=O) groups is 1. The van der Waals surface area contributed by atoms with Crippen molar-refractivity contribution < 1.29 is 14.6 Å². The van der Waals surface area contributed by atoms with Crippen LogP contribution in [0.5, 0.6) is 0 Å². The number of aliphatic hydroxyl groups is 1. The van der Waals surface area contributed by atoms with Crippen molar-refractivity contribution in [1.29, 1.82) is 0 Å². The zero-order valence-corrected chi connectivity index (χ0v) is 12.6. The van der Waals surface area contributed by atoms with Gasteiger partial charge in [0, 0.05) is 12.1 Å². The second-order valence-corrected chi connectivity index (χ2v) is 6.54. The second kappa shape index (κ2) is 5.41. The number of hydrogen-bond acceptors (Lipinski definition) is 4. The molecule has 2 heterocycles. The van der Waals surface area contributed by atoms with Crippen LogP contribution >= 0.6 is 0 Å². The fourth-order valence-corrected chi connectivity index (χ4v) is 4.08. The van der Waals surface area contributed by atoms with Gasteiger partial charge in [-0.15, -0.1) is 0 Å². The molecule has 2 bridgehead atoms. The van der Waals surface area contributed by atoms with Crippen molar-refractivity contribution in [3.8, 4) is 0 Å². The number of carbonyl (C=O) groups excluding carboxylic acids is 1. The van der Waals surface area contributed by atoms with Gasteiger partial charge in [0.2, 0.25) is 0 Å². The Labute approximate surface area is 116 Å². The maximum absolute atomic E-state index is 12.2. The fourth-order valence-electron chi connectivity index (χ4n) is 4.08. The molecule has 0 radical (unpaired) electrons. The van der Waals surface area contributed by atoms with E-state index in [-0.39, 0.29) is 11.9 Å². The zero-order chi connectivity index (χ0) is 14.2. The van der Waals surface area contributed by atoms with Crippen molar-refractivity contribution in [2.45, 2.75) is 64.1 Å². The van der Waals surface area contributed by atoms with Crippen molar-refractivity contribution in [1.82, 2.24) is 4.90 Å². The number of hydrogen-bond donors (Lipinski definition) is 1. The van der Waals surface area contributed by atoms with E-state index in [1.54, 1.807) is 0 Å². The summed E-state index contributed by atoms with van der Waals surface area (Å²) in [5.74, 6) is -0.528. The predicted octanol–water partition coefficient (Wildman–Crippen LogP) is 1.81. The number of esters is 1. The molecule has 1 N–H and O–H groups in total. The Hall–Kier alpha value is -0.610. The molecular weight excluding hydrogens is 242 g/mol. The highest BCUT2D eigenvalue weighted by Crippen LogP contribution is 2.45. The normalized spacial score (nSPS) is 36.5. The first-order valence-electron chi connectivity index (χ1n) is 7.50. The van der Waals surface area contributed by atoms with Crippen LogP contribution in [0.15, 0.2) is 0 Å². The molecule has 0 amide bonds. The van der Waals surface area contributed by atoms with Gasteiger partial charge in [0.25, 0.3) is 0 Å². The van der Waals surface area contributed by atoms with E-state index in [0.717, 1.165) is 12.8 Å². The van der Waals surface area contributed by atoms with Gasteiger partial charge in [-0.2, -0.15) is 0 Å². The van der Waals surface area contributed by atoms with Gasteiger partial charge in [-0.05, 0) is 45.6 Å². The van der Waals surface area contributed by atoms with Crippen LogP contribution in [0.4, 0.5) is 0 Å². The van der Waals surface area contributed by atoms with Crippen LogP contribution < -0.4 is 0 Å². The van der Waals surface area contributed by atoms with Crippen molar-refractivity contribution in [3.63, 3.8) is 0 Å². The van der Waals surface area contributed by atoms with E-state index < -0.39 is 11.5 Å². The highest BCUT2D eigenvalue weighted by atomic mass is 16.5. The highest BCUT2D eigenvalue weighted by Gasteiger charge is 2.53. The molecule has 2 aliphatic rings. The first-order valence-corrected chi connectivity index (χ1v) is 7.50. The minimum Gasteiger partial charge on any atom is -0.466 e. The molecule has 110 valence electrons. The Bertz CT molecular complexity index is 328. The average Bonchev–Trinajstić information content (AvgIpc) is 2.54. The topological polar surface area (TPSA) is 49.8 Å². The number of nitrogens with zero attached hydrogens (tertiary/aromatic N) is 1. The molecular formula is C15H27NO3. The number of fused-ring (bicyclic) bond motifs is 2. The van der Waals surface area contributed by atoms with Crippen LogP contribution in [-0.4, -0.2) is 47.3 Å². The van der Waals surface area contributed by atoms with Gasteiger partial charge >= 0.3 is 5.97 Å². The first-order chi connectivity index (χ1) is 8.89. The monoisotopic (exact) mass is 269 g/mol. The van der Waals surface area contributed by atoms with E-state index in [0.29, 0.717) is 31.5 Å². The summed E-state index contributed by atoms with van der Waals surface area (Å²) < 4.78 is 5.19. The minimum atomic E-state index is -0.890. The summed E-state index contributed by atoms with van der Waals surface area (Å²) in [6.45, 7) is 6.20. The second-order valence-electron chi connectivity index (χ2n) is 6.54. The fraction of sp³-hybridized carbons (Fsp3) is 0.933. The molecule has 0 aromatic heterocycles. The van der Waals surface area contributed by atoms with E-state index >= 15 is 0 Å². The number of piperidine rings is 1. The van der Waals surface area contributed by atoms with Crippen LogP contribution in [0.3, 0.4) is 0 Å². The molecule has 2 rings (SSSR count). The van der Waals surface area contributed by atoms with Crippen molar-refractivity contribution in [2.24, 2.45) is 11.8 Å². The minimum absolute atomic E-state index is 0.104. The number of rotatable bonds is 4. The molecule has 3 atom stereocenters. The van der Waals surface area contributed by atoms with E-state index in [2.05, 4.69) is 11.9 Å². The maximum atomic E-state index is 12.2. The van der Waals surface area contributed by atoms with Crippen molar-refractivity contribution in [2.75, 3.05) is 13.7 Å². The lowest BCUT2D eigenvalue weighted by atomic mass is 9.72. The van der Waals surface area contributed by atoms with E-state index in [1.165, 1.54) is 0 Å². The maximum Gasteiger partial charge on any atom is 0.312 e. The molecule has 2 fully saturated rings. The van der Waals surface area contributed by atoms with Crippen molar-refractivity contribution >= 4 is 5.97 Å². The third kappa shape index (κ3) is 2.65. The lowest BCUT2D eigenvalue weighted by Gasteiger charge is -2.46. The van der Waals surface area contributed by atoms with Gasteiger partial charge in [0.1, 0.15) is 0 Å². The lowest BCUT2D eigenvalue weighted by molar-refractivity contribution is -0.169. The molecule has 0 aromatic carbocycles. The molecule has 3 unspecified atom stereocenters. The molecule has 4 heteroatoms. The summed E-state index contributed by atoms with van der Waals surface area (Å²) in [7, 11) is 2.14. The Morgan fingerprint density at radius 3 is 2.32 bits per heavy atom. The molecule has 0 aliphatic carbocycles. The SMILES string of the molecule is CCOC(=O)C(C(C)C)C1(O)CC2CCC(C1)N2C. The smallest absolute Gasteiger partial charge is 0.312 e. The van der Waals surface area contributed by atoms with Gasteiger partial charge in [-0.25, -0.2) is 0 Å². The zero-order valence-electron chi connectivity index (χ0n) is 12.6. The van der Waals surface area contributed by atoms with E-state index in [4.69, 9.17) is 4.74 Å². The summed E-state index contributed by atoms with van der Waals surface area (Å²) in [5.41, 5.74) is -0.890. The molecule has 0 spiro atoms. The summed E-state index contributed by atoms with van der Waals surface area (Å²) in [4.78, 5) is 14.6. The Morgan fingerprint density at radius 1 is 1.37 bits per heavy atom. The van der Waals surface area contributed by atoms with Crippen LogP contribution in [-0.2, 0) is 9.53 Å². The highest BCUT2D eigenvalue weighted by molar-refractivity contribution is 5.74. The van der Waals surface area contributed by atoms with Gasteiger partial charge in [-0.1, -0.05) is 13.8 Å². The quantitative estimate of drug-likeness (QED) is 0.791. The molecule has 0 aromatic rings. The average molecular weight is 269 g/mol. The van der Waals surface area contributed by atoms with E-state index in [9.17, 15) is 9.90 Å². The molecule has 0 saturated carbocycles. The van der Waals surface area contributed by atoms with Gasteiger partial charge in [0.05, 0.1) is 18.1 Å². The summed E-state index contributed by atoms with van der Waals surface area (Å²) in [5, 5.41) is 11.1. The summed E-state index contributed by atoms with van der Waals surface area (Å²) >= 11 is 0.